The molecular formula is C6H13NO4S. The Kier molecular flexibility index (Phi) is 4.65. The van der Waals surface area contributed by atoms with Gasteiger partial charge in [0.1, 0.15) is 9.84 Å². The lowest BCUT2D eigenvalue weighted by molar-refractivity contribution is 0.194. The Bertz CT molecular complexity index is 234. The molecule has 12 heavy (non-hydrogen) atoms. The summed E-state index contributed by atoms with van der Waals surface area (Å²) in [4.78, 5) is 9.93. The standard InChI is InChI=1S/C6H13NO4S/c1-12(10,11)5-3-2-4-7-6(8)9/h7H,2-5H2,1H3,(H,8,9). The molecule has 0 bridgehead atoms. The molecule has 0 radical (unpaired) electrons. The molecule has 0 fully saturated rings. The predicted octanol–water partition coefficient (Wildman–Crippen LogP) is 0.0788. The maximum absolute atomic E-state index is 10.6. The van der Waals surface area contributed by atoms with E-state index in [-0.39, 0.29) is 5.75 Å². The van der Waals surface area contributed by atoms with Crippen LogP contribution in [0, 0.1) is 0 Å². The van der Waals surface area contributed by atoms with Crippen molar-refractivity contribution in [1.29, 1.82) is 0 Å². The first-order valence-electron chi connectivity index (χ1n) is 3.56. The normalized spacial score (nSPS) is 11.1. The Balaban J connectivity index is 3.29. The van der Waals surface area contributed by atoms with Crippen LogP contribution in [0.3, 0.4) is 0 Å². The van der Waals surface area contributed by atoms with E-state index < -0.39 is 15.9 Å². The molecule has 0 aromatic carbocycles. The van der Waals surface area contributed by atoms with E-state index in [9.17, 15) is 13.2 Å². The summed E-state index contributed by atoms with van der Waals surface area (Å²) in [7, 11) is -2.90. The van der Waals surface area contributed by atoms with Crippen LogP contribution in [0.25, 0.3) is 0 Å². The van der Waals surface area contributed by atoms with Gasteiger partial charge in [0.25, 0.3) is 0 Å². The Morgan fingerprint density at radius 2 is 2.00 bits per heavy atom. The number of carboxylic acid groups (broad SMARTS) is 1. The molecule has 0 heterocycles. The number of amides is 1. The SMILES string of the molecule is CS(=O)(=O)CCCCNC(=O)O. The molecule has 0 aliphatic carbocycles. The fraction of sp³-hybridized carbons (Fsp3) is 0.833. The van der Waals surface area contributed by atoms with Gasteiger partial charge in [0.15, 0.2) is 0 Å². The summed E-state index contributed by atoms with van der Waals surface area (Å²) in [6, 6.07) is 0. The molecule has 1 amide bonds. The zero-order valence-electron chi connectivity index (χ0n) is 6.91. The number of sulfone groups is 1. The molecule has 5 nitrogen and oxygen atoms in total. The zero-order chi connectivity index (χ0) is 9.61. The second-order valence-corrected chi connectivity index (χ2v) is 4.83. The Morgan fingerprint density at radius 3 is 2.42 bits per heavy atom. The highest BCUT2D eigenvalue weighted by Gasteiger charge is 2.01. The Hall–Kier alpha value is -0.780. The molecule has 0 spiro atoms. The van der Waals surface area contributed by atoms with Gasteiger partial charge in [-0.15, -0.1) is 0 Å². The molecule has 0 aliphatic heterocycles. The van der Waals surface area contributed by atoms with Gasteiger partial charge >= 0.3 is 6.09 Å². The largest absolute Gasteiger partial charge is 0.465 e. The van der Waals surface area contributed by atoms with E-state index in [2.05, 4.69) is 5.32 Å². The highest BCUT2D eigenvalue weighted by molar-refractivity contribution is 7.90. The van der Waals surface area contributed by atoms with Crippen LogP contribution >= 0.6 is 0 Å². The van der Waals surface area contributed by atoms with Gasteiger partial charge in [0, 0.05) is 18.6 Å². The molecule has 0 rings (SSSR count). The van der Waals surface area contributed by atoms with E-state index in [1.54, 1.807) is 0 Å². The Morgan fingerprint density at radius 1 is 1.42 bits per heavy atom. The maximum atomic E-state index is 10.6. The number of carbonyl (C=O) groups is 1. The summed E-state index contributed by atoms with van der Waals surface area (Å²) in [5, 5.41) is 10.3. The number of nitrogens with one attached hydrogen (secondary N) is 1. The van der Waals surface area contributed by atoms with E-state index in [1.165, 1.54) is 0 Å². The molecule has 0 aromatic rings. The molecular weight excluding hydrogens is 182 g/mol. The van der Waals surface area contributed by atoms with Crippen LogP contribution in [0.4, 0.5) is 4.79 Å². The van der Waals surface area contributed by atoms with Crippen LogP contribution in [0.2, 0.25) is 0 Å². The first kappa shape index (κ1) is 11.2. The second kappa shape index (κ2) is 4.97. The average molecular weight is 195 g/mol. The molecule has 0 aliphatic rings. The van der Waals surface area contributed by atoms with Gasteiger partial charge in [-0.2, -0.15) is 0 Å². The van der Waals surface area contributed by atoms with E-state index in [4.69, 9.17) is 5.11 Å². The maximum Gasteiger partial charge on any atom is 0.404 e. The molecule has 0 aromatic heterocycles. The van der Waals surface area contributed by atoms with Crippen LogP contribution in [0.15, 0.2) is 0 Å². The van der Waals surface area contributed by atoms with E-state index >= 15 is 0 Å². The van der Waals surface area contributed by atoms with Gasteiger partial charge in [-0.25, -0.2) is 13.2 Å². The summed E-state index contributed by atoms with van der Waals surface area (Å²) in [5.74, 6) is 0.119. The third-order valence-corrected chi connectivity index (χ3v) is 2.25. The van der Waals surface area contributed by atoms with Crippen LogP contribution in [0.5, 0.6) is 0 Å². The minimum absolute atomic E-state index is 0.119. The van der Waals surface area contributed by atoms with Crippen LogP contribution in [0.1, 0.15) is 12.8 Å². The van der Waals surface area contributed by atoms with Crippen molar-refractivity contribution >= 4 is 15.9 Å². The number of hydrogen-bond donors (Lipinski definition) is 2. The molecule has 0 unspecified atom stereocenters. The fourth-order valence-corrected chi connectivity index (χ4v) is 1.41. The van der Waals surface area contributed by atoms with Crippen LogP contribution < -0.4 is 5.32 Å². The lowest BCUT2D eigenvalue weighted by atomic mass is 10.3. The fourth-order valence-electron chi connectivity index (χ4n) is 0.685. The summed E-state index contributed by atoms with van der Waals surface area (Å²) in [6.07, 6.45) is 1.14. The molecule has 0 atom stereocenters. The summed E-state index contributed by atoms with van der Waals surface area (Å²) in [6.45, 7) is 0.310. The van der Waals surface area contributed by atoms with Crippen molar-refractivity contribution in [3.8, 4) is 0 Å². The monoisotopic (exact) mass is 195 g/mol. The third kappa shape index (κ3) is 9.22. The van der Waals surface area contributed by atoms with Crippen molar-refractivity contribution in [2.45, 2.75) is 12.8 Å². The van der Waals surface area contributed by atoms with Gasteiger partial charge in [-0.3, -0.25) is 0 Å². The lowest BCUT2D eigenvalue weighted by Crippen LogP contribution is -2.22. The van der Waals surface area contributed by atoms with Crippen molar-refractivity contribution in [3.63, 3.8) is 0 Å². The first-order chi connectivity index (χ1) is 5.42. The molecule has 6 heteroatoms. The predicted molar refractivity (Wildman–Crippen MR) is 45.0 cm³/mol. The highest BCUT2D eigenvalue weighted by atomic mass is 32.2. The van der Waals surface area contributed by atoms with Gasteiger partial charge in [-0.1, -0.05) is 0 Å². The molecule has 0 saturated carbocycles. The minimum Gasteiger partial charge on any atom is -0.465 e. The van der Waals surface area contributed by atoms with Crippen molar-refractivity contribution in [2.75, 3.05) is 18.6 Å². The Labute approximate surface area is 71.7 Å². The molecule has 2 N–H and O–H groups in total. The first-order valence-corrected chi connectivity index (χ1v) is 5.62. The summed E-state index contributed by atoms with van der Waals surface area (Å²) < 4.78 is 21.2. The number of unbranched alkanes of at least 4 members (excludes halogenated alkanes) is 1. The minimum atomic E-state index is -2.90. The van der Waals surface area contributed by atoms with Crippen molar-refractivity contribution in [3.05, 3.63) is 0 Å². The van der Waals surface area contributed by atoms with Crippen molar-refractivity contribution in [2.24, 2.45) is 0 Å². The van der Waals surface area contributed by atoms with Crippen molar-refractivity contribution < 1.29 is 18.3 Å². The van der Waals surface area contributed by atoms with Gasteiger partial charge < -0.3 is 10.4 Å². The number of rotatable bonds is 5. The van der Waals surface area contributed by atoms with Gasteiger partial charge in [0.2, 0.25) is 0 Å². The molecule has 0 saturated heterocycles. The lowest BCUT2D eigenvalue weighted by Gasteiger charge is -1.99. The van der Waals surface area contributed by atoms with E-state index in [0.29, 0.717) is 19.4 Å². The second-order valence-electron chi connectivity index (χ2n) is 2.57. The van der Waals surface area contributed by atoms with E-state index in [0.717, 1.165) is 6.26 Å². The summed E-state index contributed by atoms with van der Waals surface area (Å²) >= 11 is 0. The van der Waals surface area contributed by atoms with Crippen molar-refractivity contribution in [1.82, 2.24) is 5.32 Å². The quantitative estimate of drug-likeness (QED) is 0.608. The molecule has 72 valence electrons. The number of hydrogen-bond acceptors (Lipinski definition) is 3. The highest BCUT2D eigenvalue weighted by Crippen LogP contribution is 1.92. The average Bonchev–Trinajstić information content (AvgIpc) is 1.83. The smallest absolute Gasteiger partial charge is 0.404 e. The topological polar surface area (TPSA) is 83.5 Å². The van der Waals surface area contributed by atoms with E-state index in [1.807, 2.05) is 0 Å². The third-order valence-electron chi connectivity index (χ3n) is 1.22. The zero-order valence-corrected chi connectivity index (χ0v) is 7.73. The van der Waals surface area contributed by atoms with Crippen LogP contribution in [-0.4, -0.2) is 38.2 Å². The van der Waals surface area contributed by atoms with Gasteiger partial charge in [0.05, 0.1) is 0 Å². The van der Waals surface area contributed by atoms with Gasteiger partial charge in [-0.05, 0) is 12.8 Å². The summed E-state index contributed by atoms with van der Waals surface area (Å²) in [5.41, 5.74) is 0. The van der Waals surface area contributed by atoms with Crippen LogP contribution in [-0.2, 0) is 9.84 Å².